The zero-order valence-corrected chi connectivity index (χ0v) is 27.5. The van der Waals surface area contributed by atoms with Gasteiger partial charge in [-0.05, 0) is 34.2 Å². The molecule has 6 fully saturated rings. The van der Waals surface area contributed by atoms with Gasteiger partial charge in [0.2, 0.25) is 0 Å². The molecule has 6 rings (SSSR count). The molecule has 6 aliphatic rings. The Balaban J connectivity index is 1.93. The largest absolute Gasteiger partial charge is 0.507 e. The van der Waals surface area contributed by atoms with Crippen molar-refractivity contribution in [3.8, 4) is 0 Å². The second-order valence-electron chi connectivity index (χ2n) is 8.18. The van der Waals surface area contributed by atoms with E-state index in [0.29, 0.717) is 0 Å². The van der Waals surface area contributed by atoms with E-state index >= 15 is 0 Å². The maximum absolute atomic E-state index is 6.75. The smallest absolute Gasteiger partial charge is 0.388 e. The minimum absolute atomic E-state index is 0.127. The molecule has 0 aromatic heterocycles. The molecule has 0 radical (unpaired) electrons. The summed E-state index contributed by atoms with van der Waals surface area (Å²) < 4.78 is 73.2. The van der Waals surface area contributed by atoms with Crippen LogP contribution in [-0.4, -0.2) is 69.9 Å². The molecular weight excluding hydrogens is 605 g/mol. The van der Waals surface area contributed by atoms with Crippen LogP contribution in [0.2, 0.25) is 5.67 Å². The average Bonchev–Trinajstić information content (AvgIpc) is 2.82. The van der Waals surface area contributed by atoms with Crippen molar-refractivity contribution in [1.82, 2.24) is 0 Å². The Morgan fingerprint density at radius 1 is 0.306 bits per heavy atom. The molecule has 0 aliphatic carbocycles. The van der Waals surface area contributed by atoms with Gasteiger partial charge in [-0.3, -0.25) is 0 Å². The Morgan fingerprint density at radius 3 is 0.667 bits per heavy atom. The summed E-state index contributed by atoms with van der Waals surface area (Å²) in [7, 11) is -31.2. The molecule has 0 spiro atoms. The lowest BCUT2D eigenvalue weighted by molar-refractivity contribution is 0.0259. The third-order valence-corrected chi connectivity index (χ3v) is 40.1. The first-order valence-electron chi connectivity index (χ1n) is 10.8. The van der Waals surface area contributed by atoms with Gasteiger partial charge in [0.25, 0.3) is 0 Å². The summed E-state index contributed by atoms with van der Waals surface area (Å²) >= 11 is 0. The highest BCUT2D eigenvalue weighted by Crippen LogP contribution is 2.50. The first kappa shape index (κ1) is 26.8. The van der Waals surface area contributed by atoms with Gasteiger partial charge in [-0.25, -0.2) is 0 Å². The molecule has 4 atom stereocenters. The third kappa shape index (κ3) is 3.80. The molecule has 0 aromatic rings. The van der Waals surface area contributed by atoms with E-state index in [2.05, 4.69) is 52.6 Å². The first-order valence-corrected chi connectivity index (χ1v) is 25.8. The highest BCUT2D eigenvalue weighted by molar-refractivity contribution is 7.10. The lowest BCUT2D eigenvalue weighted by atomic mass is 11.3. The van der Waals surface area contributed by atoms with Crippen LogP contribution in [0.1, 0.15) is 0 Å². The lowest BCUT2D eigenvalue weighted by Crippen LogP contribution is -2.86. The molecule has 4 unspecified atom stereocenters. The fourth-order valence-corrected chi connectivity index (χ4v) is 48.9. The molecule has 0 aromatic carbocycles. The van der Waals surface area contributed by atoms with Gasteiger partial charge in [0, 0.05) is 5.67 Å². The SMILES string of the molecule is C=C[Si]12C[Si]3(C=C)O[Si]4(C=C)O[Si](C=C)(O1)O[Si]1(C=C)O[Si](C=C)(O2)O[Si](C=C)(O3)O[Si](C=C)(O4)O1. The van der Waals surface area contributed by atoms with Crippen LogP contribution in [0.4, 0.5) is 0 Å². The first-order chi connectivity index (χ1) is 17.0. The number of rotatable bonds is 8. The molecule has 6 heterocycles. The molecule has 0 N–H and O–H groups in total. The zero-order chi connectivity index (χ0) is 26.1. The normalized spacial score (nSPS) is 52.9. The molecule has 8 bridgehead atoms. The minimum Gasteiger partial charge on any atom is -0.388 e. The van der Waals surface area contributed by atoms with Crippen molar-refractivity contribution >= 4 is 69.9 Å². The van der Waals surface area contributed by atoms with E-state index in [1.54, 1.807) is 11.4 Å². The van der Waals surface area contributed by atoms with Crippen LogP contribution in [0.3, 0.4) is 0 Å². The topological polar surface area (TPSA) is 102 Å². The summed E-state index contributed by atoms with van der Waals surface area (Å²) in [5.41, 5.74) is 11.8. The zero-order valence-electron chi connectivity index (χ0n) is 19.5. The van der Waals surface area contributed by atoms with Gasteiger partial charge < -0.3 is 45.3 Å². The van der Waals surface area contributed by atoms with Crippen molar-refractivity contribution in [2.24, 2.45) is 0 Å². The molecule has 0 saturated carbocycles. The predicted molar refractivity (Wildman–Crippen MR) is 144 cm³/mol. The summed E-state index contributed by atoms with van der Waals surface area (Å²) in [6.45, 7) is 31.7. The van der Waals surface area contributed by atoms with Gasteiger partial charge in [-0.2, -0.15) is 0 Å². The molecule has 36 heavy (non-hydrogen) atoms. The van der Waals surface area contributed by atoms with Crippen molar-refractivity contribution in [2.45, 2.75) is 5.67 Å². The van der Waals surface area contributed by atoms with Crippen molar-refractivity contribution in [2.75, 3.05) is 0 Å². The predicted octanol–water partition coefficient (Wildman–Crippen LogP) is 2.10. The van der Waals surface area contributed by atoms with Gasteiger partial charge in [-0.1, -0.05) is 11.4 Å². The monoisotopic (exact) mass is 630 g/mol. The van der Waals surface area contributed by atoms with Gasteiger partial charge >= 0.3 is 69.9 Å². The van der Waals surface area contributed by atoms with Gasteiger partial charge in [0.1, 0.15) is 0 Å². The molecule has 6 saturated heterocycles. The molecule has 6 aliphatic heterocycles. The number of hydrogen-bond acceptors (Lipinski definition) is 11. The van der Waals surface area contributed by atoms with E-state index in [0.717, 1.165) is 0 Å². The van der Waals surface area contributed by atoms with Crippen molar-refractivity contribution in [3.63, 3.8) is 0 Å². The Labute approximate surface area is 218 Å². The standard InChI is InChI=1S/C17H26O11Si8/c1-9-29-17-30(10-2)20-33(13-5)22-31(11-3,18-29)24-35(15-7)25-32(12-4,19-29)23-34(14-6,21-30)27-36(16-8,26-33)28-35/h9-16H,1-8,17H2. The summed E-state index contributed by atoms with van der Waals surface area (Å²) in [5, 5.41) is 0. The van der Waals surface area contributed by atoms with E-state index in [1.165, 1.54) is 34.2 Å². The molecular formula is C17H26O11Si8. The Kier molecular flexibility index (Phi) is 6.22. The quantitative estimate of drug-likeness (QED) is 0.369. The van der Waals surface area contributed by atoms with Crippen molar-refractivity contribution in [3.05, 3.63) is 98.2 Å². The maximum atomic E-state index is 6.75. The van der Waals surface area contributed by atoms with E-state index in [4.69, 9.17) is 45.3 Å². The van der Waals surface area contributed by atoms with E-state index < -0.39 is 69.9 Å². The van der Waals surface area contributed by atoms with Crippen molar-refractivity contribution < 1.29 is 45.3 Å². The fourth-order valence-electron chi connectivity index (χ4n) is 4.32. The van der Waals surface area contributed by atoms with E-state index in [1.807, 2.05) is 0 Å². The molecule has 19 heteroatoms. The Hall–Kier alpha value is -0.785. The van der Waals surface area contributed by atoms with Crippen LogP contribution in [0.5, 0.6) is 0 Å². The molecule has 192 valence electrons. The van der Waals surface area contributed by atoms with Crippen LogP contribution in [0, 0.1) is 0 Å². The second kappa shape index (κ2) is 8.36. The van der Waals surface area contributed by atoms with Crippen LogP contribution in [-0.2, 0) is 45.3 Å². The summed E-state index contributed by atoms with van der Waals surface area (Å²) in [4.78, 5) is 0. The average molecular weight is 631 g/mol. The highest BCUT2D eigenvalue weighted by atomic mass is 28.6. The van der Waals surface area contributed by atoms with E-state index in [9.17, 15) is 0 Å². The van der Waals surface area contributed by atoms with Crippen LogP contribution in [0.25, 0.3) is 0 Å². The summed E-state index contributed by atoms with van der Waals surface area (Å²) in [5.74, 6) is 0. The molecule has 11 nitrogen and oxygen atoms in total. The minimum atomic E-state index is -4.04. The summed E-state index contributed by atoms with van der Waals surface area (Å²) in [6.07, 6.45) is 0. The summed E-state index contributed by atoms with van der Waals surface area (Å²) in [6, 6.07) is 0. The van der Waals surface area contributed by atoms with Gasteiger partial charge in [-0.15, -0.1) is 52.6 Å². The highest BCUT2D eigenvalue weighted by Gasteiger charge is 2.80. The maximum Gasteiger partial charge on any atom is 0.507 e. The van der Waals surface area contributed by atoms with Gasteiger partial charge in [0.05, 0.1) is 0 Å². The van der Waals surface area contributed by atoms with Crippen LogP contribution < -0.4 is 0 Å². The van der Waals surface area contributed by atoms with Gasteiger partial charge in [0.15, 0.2) is 0 Å². The Morgan fingerprint density at radius 2 is 0.500 bits per heavy atom. The fraction of sp³-hybridized carbons (Fsp3) is 0.0588. The van der Waals surface area contributed by atoms with Crippen molar-refractivity contribution in [1.29, 1.82) is 0 Å². The van der Waals surface area contributed by atoms with E-state index in [-0.39, 0.29) is 5.67 Å². The lowest BCUT2D eigenvalue weighted by Gasteiger charge is -2.60. The second-order valence-corrected chi connectivity index (χ2v) is 32.3. The number of hydrogen-bond donors (Lipinski definition) is 0. The van der Waals surface area contributed by atoms with Crippen LogP contribution >= 0.6 is 0 Å². The van der Waals surface area contributed by atoms with Crippen LogP contribution in [0.15, 0.2) is 98.2 Å². The molecule has 0 amide bonds. The Bertz CT molecular complexity index is 777. The third-order valence-electron chi connectivity index (χ3n) is 5.87.